The van der Waals surface area contributed by atoms with Gasteiger partial charge in [-0.25, -0.2) is 0 Å². The summed E-state index contributed by atoms with van der Waals surface area (Å²) >= 11 is 2.15. The van der Waals surface area contributed by atoms with Crippen LogP contribution in [0.15, 0.2) is 0 Å². The second-order valence-electron chi connectivity index (χ2n) is 2.67. The minimum absolute atomic E-state index is 0.648. The summed E-state index contributed by atoms with van der Waals surface area (Å²) in [7, 11) is 0. The number of rotatable bonds is 4. The van der Waals surface area contributed by atoms with Gasteiger partial charge in [0.05, 0.1) is 0 Å². The van der Waals surface area contributed by atoms with Gasteiger partial charge in [-0.15, -0.1) is 0 Å². The fourth-order valence-electron chi connectivity index (χ4n) is 0.658. The third kappa shape index (κ3) is 44.9. The van der Waals surface area contributed by atoms with E-state index in [0.29, 0.717) is 6.04 Å². The molecule has 0 unspecified atom stereocenters. The first-order valence-electron chi connectivity index (χ1n) is 5.00. The maximum Gasteiger partial charge on any atom is 0.00102 e. The third-order valence-corrected chi connectivity index (χ3v) is 1.11. The van der Waals surface area contributed by atoms with Crippen LogP contribution in [-0.2, 0) is 0 Å². The molecule has 0 aliphatic heterocycles. The summed E-state index contributed by atoms with van der Waals surface area (Å²) < 4.78 is 0. The zero-order chi connectivity index (χ0) is 11.1. The summed E-state index contributed by atoms with van der Waals surface area (Å²) in [5, 5.41) is 6.32. The van der Waals surface area contributed by atoms with E-state index in [9.17, 15) is 0 Å². The standard InChI is InChI=1S/C5H13N.C4H11N.CH3I/c1-4-6-5(2)3;1-3-5-4-2;1-2/h5-6H,4H2,1-3H3;5H,3-4H2,1-2H3;1H3. The Morgan fingerprint density at radius 1 is 0.923 bits per heavy atom. The molecule has 3 heteroatoms. The highest BCUT2D eigenvalue weighted by Gasteiger charge is 1.82. The van der Waals surface area contributed by atoms with E-state index in [0.717, 1.165) is 19.6 Å². The lowest BCUT2D eigenvalue weighted by Crippen LogP contribution is -2.21. The van der Waals surface area contributed by atoms with Crippen LogP contribution in [-0.4, -0.2) is 30.6 Å². The van der Waals surface area contributed by atoms with Gasteiger partial charge in [-0.1, -0.05) is 57.2 Å². The Morgan fingerprint density at radius 2 is 1.31 bits per heavy atom. The minimum atomic E-state index is 0.648. The summed E-state index contributed by atoms with van der Waals surface area (Å²) in [5.74, 6) is 0. The lowest BCUT2D eigenvalue weighted by molar-refractivity contribution is 0.613. The maximum absolute atomic E-state index is 3.21. The molecule has 0 aromatic rings. The summed E-state index contributed by atoms with van der Waals surface area (Å²) in [6.45, 7) is 13.9. The van der Waals surface area contributed by atoms with Crippen LogP contribution in [0.1, 0.15) is 34.6 Å². The van der Waals surface area contributed by atoms with Crippen molar-refractivity contribution >= 4 is 22.6 Å². The van der Waals surface area contributed by atoms with Crippen LogP contribution in [0.3, 0.4) is 0 Å². The van der Waals surface area contributed by atoms with Gasteiger partial charge < -0.3 is 10.6 Å². The van der Waals surface area contributed by atoms with Crippen molar-refractivity contribution in [1.29, 1.82) is 0 Å². The van der Waals surface area contributed by atoms with Crippen molar-refractivity contribution in [2.45, 2.75) is 40.7 Å². The van der Waals surface area contributed by atoms with Crippen LogP contribution in [0.5, 0.6) is 0 Å². The van der Waals surface area contributed by atoms with Crippen LogP contribution in [0.25, 0.3) is 0 Å². The van der Waals surface area contributed by atoms with Gasteiger partial charge in [0.1, 0.15) is 0 Å². The molecule has 2 nitrogen and oxygen atoms in total. The second-order valence-corrected chi connectivity index (χ2v) is 2.67. The Labute approximate surface area is 98.4 Å². The van der Waals surface area contributed by atoms with Crippen LogP contribution < -0.4 is 10.6 Å². The van der Waals surface area contributed by atoms with Gasteiger partial charge in [0.2, 0.25) is 0 Å². The molecule has 0 radical (unpaired) electrons. The van der Waals surface area contributed by atoms with Crippen molar-refractivity contribution in [3.63, 3.8) is 0 Å². The van der Waals surface area contributed by atoms with Gasteiger partial charge >= 0.3 is 0 Å². The topological polar surface area (TPSA) is 24.1 Å². The number of halogens is 1. The van der Waals surface area contributed by atoms with Gasteiger partial charge in [0.15, 0.2) is 0 Å². The largest absolute Gasteiger partial charge is 0.317 e. The van der Waals surface area contributed by atoms with E-state index in [1.807, 2.05) is 4.93 Å². The van der Waals surface area contributed by atoms with Crippen molar-refractivity contribution in [3.8, 4) is 0 Å². The van der Waals surface area contributed by atoms with Gasteiger partial charge in [-0.3, -0.25) is 0 Å². The average Bonchev–Trinajstić information content (AvgIpc) is 2.10. The highest BCUT2D eigenvalue weighted by Crippen LogP contribution is 1.70. The Morgan fingerprint density at radius 3 is 1.31 bits per heavy atom. The van der Waals surface area contributed by atoms with Gasteiger partial charge in [-0.05, 0) is 24.6 Å². The van der Waals surface area contributed by atoms with Crippen LogP contribution in [0.2, 0.25) is 0 Å². The van der Waals surface area contributed by atoms with Crippen molar-refractivity contribution in [2.75, 3.05) is 24.6 Å². The lowest BCUT2D eigenvalue weighted by atomic mass is 10.4. The fraction of sp³-hybridized carbons (Fsp3) is 1.00. The number of nitrogens with one attached hydrogen (secondary N) is 2. The highest BCUT2D eigenvalue weighted by atomic mass is 127. The summed E-state index contributed by atoms with van der Waals surface area (Å²) in [5.41, 5.74) is 0. The first-order chi connectivity index (χ1) is 6.18. The van der Waals surface area contributed by atoms with Gasteiger partial charge in [0.25, 0.3) is 0 Å². The Hall–Kier alpha value is 0.650. The molecule has 2 N–H and O–H groups in total. The molecular weight excluding hydrogens is 275 g/mol. The second kappa shape index (κ2) is 22.9. The van der Waals surface area contributed by atoms with Gasteiger partial charge in [0, 0.05) is 6.04 Å². The molecule has 0 bridgehead atoms. The van der Waals surface area contributed by atoms with E-state index in [4.69, 9.17) is 0 Å². The summed E-state index contributed by atoms with van der Waals surface area (Å²) in [4.78, 5) is 1.97. The molecule has 0 saturated carbocycles. The SMILES string of the molecule is CCNC(C)C.CCNCC.CI. The molecule has 0 aliphatic carbocycles. The molecule has 0 atom stereocenters. The van der Waals surface area contributed by atoms with Crippen LogP contribution >= 0.6 is 22.6 Å². The maximum atomic E-state index is 3.21. The van der Waals surface area contributed by atoms with Crippen LogP contribution in [0, 0.1) is 0 Å². The molecular formula is C10H27IN2. The summed E-state index contributed by atoms with van der Waals surface area (Å²) in [6, 6.07) is 0.648. The fourth-order valence-corrected chi connectivity index (χ4v) is 0.658. The predicted octanol–water partition coefficient (Wildman–Crippen LogP) is 2.67. The zero-order valence-corrected chi connectivity index (χ0v) is 12.2. The first kappa shape index (κ1) is 19.3. The quantitative estimate of drug-likeness (QED) is 0.616. The van der Waals surface area contributed by atoms with E-state index >= 15 is 0 Å². The molecule has 0 aromatic heterocycles. The van der Waals surface area contributed by atoms with Crippen molar-refractivity contribution in [1.82, 2.24) is 10.6 Å². The molecule has 84 valence electrons. The van der Waals surface area contributed by atoms with E-state index in [2.05, 4.69) is 67.8 Å². The number of hydrogen-bond acceptors (Lipinski definition) is 2. The van der Waals surface area contributed by atoms with E-state index < -0.39 is 0 Å². The highest BCUT2D eigenvalue weighted by molar-refractivity contribution is 14.1. The van der Waals surface area contributed by atoms with Crippen molar-refractivity contribution < 1.29 is 0 Å². The van der Waals surface area contributed by atoms with E-state index in [-0.39, 0.29) is 0 Å². The smallest absolute Gasteiger partial charge is 0.00102 e. The number of hydrogen-bond donors (Lipinski definition) is 2. The van der Waals surface area contributed by atoms with Crippen molar-refractivity contribution in [3.05, 3.63) is 0 Å². The third-order valence-electron chi connectivity index (χ3n) is 1.11. The molecule has 0 aromatic carbocycles. The lowest BCUT2D eigenvalue weighted by Gasteiger charge is -2.00. The van der Waals surface area contributed by atoms with Gasteiger partial charge in [-0.2, -0.15) is 0 Å². The molecule has 0 heterocycles. The van der Waals surface area contributed by atoms with E-state index in [1.165, 1.54) is 0 Å². The first-order valence-corrected chi connectivity index (χ1v) is 7.16. The monoisotopic (exact) mass is 302 g/mol. The normalized spacial score (nSPS) is 8.31. The molecule has 13 heavy (non-hydrogen) atoms. The van der Waals surface area contributed by atoms with Crippen LogP contribution in [0.4, 0.5) is 0 Å². The van der Waals surface area contributed by atoms with Crippen molar-refractivity contribution in [2.24, 2.45) is 0 Å². The number of alkyl halides is 1. The summed E-state index contributed by atoms with van der Waals surface area (Å²) in [6.07, 6.45) is 0. The Kier molecular flexibility index (Phi) is 34.0. The average molecular weight is 302 g/mol. The molecule has 0 saturated heterocycles. The molecule has 0 spiro atoms. The molecule has 0 amide bonds. The Bertz CT molecular complexity index is 56.9. The predicted molar refractivity (Wildman–Crippen MR) is 73.0 cm³/mol. The Balaban J connectivity index is -0.000000131. The molecule has 0 rings (SSSR count). The molecule has 0 aliphatic rings. The zero-order valence-electron chi connectivity index (χ0n) is 10.1. The minimum Gasteiger partial charge on any atom is -0.317 e. The van der Waals surface area contributed by atoms with E-state index in [1.54, 1.807) is 0 Å². The molecule has 0 fully saturated rings.